The van der Waals surface area contributed by atoms with Crippen molar-refractivity contribution in [3.8, 4) is 0 Å². The number of rotatable bonds is 4. The molecule has 1 amide bonds. The predicted molar refractivity (Wildman–Crippen MR) is 75.2 cm³/mol. The van der Waals surface area contributed by atoms with Crippen LogP contribution in [0.5, 0.6) is 0 Å². The Balaban J connectivity index is 1.88. The molecule has 4 heteroatoms. The van der Waals surface area contributed by atoms with Crippen molar-refractivity contribution >= 4 is 17.5 Å². The number of hydrogen-bond acceptors (Lipinski definition) is 2. The number of furan rings is 1. The van der Waals surface area contributed by atoms with Crippen molar-refractivity contribution in [1.82, 2.24) is 5.32 Å². The summed E-state index contributed by atoms with van der Waals surface area (Å²) in [5.74, 6) is 1.70. The molecule has 1 aromatic carbocycles. The molecular weight excluding hydrogens is 262 g/mol. The molecular formula is C15H16ClNO2. The molecule has 0 saturated carbocycles. The standard InChI is InChI=1S/C15H16ClNO2/c1-10-7-13(11(2)19-10)9-17-15(18)8-12-3-5-14(16)6-4-12/h3-7H,8-9H2,1-2H3,(H,17,18). The van der Waals surface area contributed by atoms with Crippen molar-refractivity contribution < 1.29 is 9.21 Å². The highest BCUT2D eigenvalue weighted by atomic mass is 35.5. The molecule has 0 aliphatic heterocycles. The zero-order chi connectivity index (χ0) is 13.8. The summed E-state index contributed by atoms with van der Waals surface area (Å²) in [5, 5.41) is 3.56. The Morgan fingerprint density at radius 2 is 1.95 bits per heavy atom. The van der Waals surface area contributed by atoms with Crippen molar-refractivity contribution in [1.29, 1.82) is 0 Å². The molecule has 0 radical (unpaired) electrons. The second-order valence-electron chi connectivity index (χ2n) is 4.52. The molecule has 2 aromatic rings. The maximum atomic E-state index is 11.8. The van der Waals surface area contributed by atoms with E-state index in [1.807, 2.05) is 32.0 Å². The zero-order valence-corrected chi connectivity index (χ0v) is 11.8. The van der Waals surface area contributed by atoms with Crippen LogP contribution in [-0.4, -0.2) is 5.91 Å². The van der Waals surface area contributed by atoms with Crippen LogP contribution in [0.25, 0.3) is 0 Å². The Bertz CT molecular complexity index is 572. The number of hydrogen-bond donors (Lipinski definition) is 1. The lowest BCUT2D eigenvalue weighted by Gasteiger charge is -2.04. The third kappa shape index (κ3) is 3.86. The van der Waals surface area contributed by atoms with E-state index in [-0.39, 0.29) is 5.91 Å². The van der Waals surface area contributed by atoms with E-state index in [1.165, 1.54) is 0 Å². The largest absolute Gasteiger partial charge is 0.466 e. The molecule has 19 heavy (non-hydrogen) atoms. The van der Waals surface area contributed by atoms with Crippen LogP contribution in [-0.2, 0) is 17.8 Å². The van der Waals surface area contributed by atoms with Gasteiger partial charge in [-0.1, -0.05) is 23.7 Å². The van der Waals surface area contributed by atoms with Gasteiger partial charge < -0.3 is 9.73 Å². The first-order valence-corrected chi connectivity index (χ1v) is 6.49. The first-order chi connectivity index (χ1) is 9.04. The summed E-state index contributed by atoms with van der Waals surface area (Å²) in [4.78, 5) is 11.8. The van der Waals surface area contributed by atoms with E-state index in [1.54, 1.807) is 12.1 Å². The quantitative estimate of drug-likeness (QED) is 0.930. The fourth-order valence-corrected chi connectivity index (χ4v) is 2.03. The number of carbonyl (C=O) groups is 1. The monoisotopic (exact) mass is 277 g/mol. The molecule has 100 valence electrons. The van der Waals surface area contributed by atoms with Gasteiger partial charge in [0, 0.05) is 17.1 Å². The number of nitrogens with one attached hydrogen (secondary N) is 1. The lowest BCUT2D eigenvalue weighted by Crippen LogP contribution is -2.24. The smallest absolute Gasteiger partial charge is 0.224 e. The Morgan fingerprint density at radius 1 is 1.26 bits per heavy atom. The minimum atomic E-state index is -0.0134. The topological polar surface area (TPSA) is 42.2 Å². The lowest BCUT2D eigenvalue weighted by molar-refractivity contribution is -0.120. The molecule has 0 bridgehead atoms. The van der Waals surface area contributed by atoms with Gasteiger partial charge in [-0.15, -0.1) is 0 Å². The van der Waals surface area contributed by atoms with Crippen molar-refractivity contribution in [2.45, 2.75) is 26.8 Å². The number of halogens is 1. The van der Waals surface area contributed by atoms with Crippen LogP contribution in [0.2, 0.25) is 5.02 Å². The van der Waals surface area contributed by atoms with E-state index in [4.69, 9.17) is 16.0 Å². The average molecular weight is 278 g/mol. The molecule has 3 nitrogen and oxygen atoms in total. The molecule has 2 rings (SSSR count). The van der Waals surface area contributed by atoms with E-state index in [0.29, 0.717) is 18.0 Å². The van der Waals surface area contributed by atoms with Crippen molar-refractivity contribution in [3.05, 3.63) is 58.0 Å². The maximum Gasteiger partial charge on any atom is 0.224 e. The molecule has 0 aliphatic carbocycles. The van der Waals surface area contributed by atoms with E-state index in [9.17, 15) is 4.79 Å². The van der Waals surface area contributed by atoms with Gasteiger partial charge in [0.2, 0.25) is 5.91 Å². The molecule has 1 N–H and O–H groups in total. The van der Waals surface area contributed by atoms with Crippen LogP contribution in [0.4, 0.5) is 0 Å². The molecule has 0 fully saturated rings. The van der Waals surface area contributed by atoms with E-state index < -0.39 is 0 Å². The summed E-state index contributed by atoms with van der Waals surface area (Å²) in [6.07, 6.45) is 0.354. The summed E-state index contributed by atoms with van der Waals surface area (Å²) < 4.78 is 5.41. The van der Waals surface area contributed by atoms with Crippen LogP contribution in [0.1, 0.15) is 22.6 Å². The van der Waals surface area contributed by atoms with Crippen molar-refractivity contribution in [2.24, 2.45) is 0 Å². The van der Waals surface area contributed by atoms with Crippen LogP contribution in [0.3, 0.4) is 0 Å². The van der Waals surface area contributed by atoms with Crippen LogP contribution in [0, 0.1) is 13.8 Å². The minimum absolute atomic E-state index is 0.0134. The van der Waals surface area contributed by atoms with Crippen LogP contribution in [0.15, 0.2) is 34.7 Å². The average Bonchev–Trinajstić information content (AvgIpc) is 2.68. The van der Waals surface area contributed by atoms with Gasteiger partial charge in [-0.25, -0.2) is 0 Å². The second-order valence-corrected chi connectivity index (χ2v) is 4.95. The van der Waals surface area contributed by atoms with Crippen molar-refractivity contribution in [2.75, 3.05) is 0 Å². The SMILES string of the molecule is Cc1cc(CNC(=O)Cc2ccc(Cl)cc2)c(C)o1. The van der Waals surface area contributed by atoms with Gasteiger partial charge >= 0.3 is 0 Å². The normalized spacial score (nSPS) is 10.5. The summed E-state index contributed by atoms with van der Waals surface area (Å²) in [6, 6.07) is 9.23. The fourth-order valence-electron chi connectivity index (χ4n) is 1.90. The van der Waals surface area contributed by atoms with Gasteiger partial charge in [-0.3, -0.25) is 4.79 Å². The van der Waals surface area contributed by atoms with Crippen LogP contribution >= 0.6 is 11.6 Å². The minimum Gasteiger partial charge on any atom is -0.466 e. The Labute approximate surface area is 117 Å². The zero-order valence-electron chi connectivity index (χ0n) is 11.0. The molecule has 1 heterocycles. The first kappa shape index (κ1) is 13.7. The van der Waals surface area contributed by atoms with Gasteiger partial charge in [-0.05, 0) is 37.6 Å². The van der Waals surface area contributed by atoms with E-state index >= 15 is 0 Å². The first-order valence-electron chi connectivity index (χ1n) is 6.11. The molecule has 0 spiro atoms. The fraction of sp³-hybridized carbons (Fsp3) is 0.267. The molecule has 0 saturated heterocycles. The van der Waals surface area contributed by atoms with Gasteiger partial charge in [0.1, 0.15) is 11.5 Å². The third-order valence-corrected chi connectivity index (χ3v) is 3.15. The van der Waals surface area contributed by atoms with Crippen LogP contribution < -0.4 is 5.32 Å². The summed E-state index contributed by atoms with van der Waals surface area (Å²) in [7, 11) is 0. The highest BCUT2D eigenvalue weighted by molar-refractivity contribution is 6.30. The summed E-state index contributed by atoms with van der Waals surface area (Å²) in [6.45, 7) is 4.29. The molecule has 0 aliphatic rings. The number of carbonyl (C=O) groups excluding carboxylic acids is 1. The summed E-state index contributed by atoms with van der Waals surface area (Å²) in [5.41, 5.74) is 1.96. The molecule has 1 aromatic heterocycles. The second kappa shape index (κ2) is 5.93. The van der Waals surface area contributed by atoms with E-state index in [0.717, 1.165) is 22.6 Å². The highest BCUT2D eigenvalue weighted by Crippen LogP contribution is 2.13. The Kier molecular flexibility index (Phi) is 4.27. The van der Waals surface area contributed by atoms with Gasteiger partial charge in [-0.2, -0.15) is 0 Å². The molecule has 0 atom stereocenters. The predicted octanol–water partition coefficient (Wildman–Crippen LogP) is 3.41. The summed E-state index contributed by atoms with van der Waals surface area (Å²) >= 11 is 5.80. The number of benzene rings is 1. The number of amides is 1. The van der Waals surface area contributed by atoms with Crippen molar-refractivity contribution in [3.63, 3.8) is 0 Å². The highest BCUT2D eigenvalue weighted by Gasteiger charge is 2.07. The Morgan fingerprint density at radius 3 is 2.53 bits per heavy atom. The third-order valence-electron chi connectivity index (χ3n) is 2.90. The number of aryl methyl sites for hydroxylation is 2. The van der Waals surface area contributed by atoms with Gasteiger partial charge in [0.05, 0.1) is 6.42 Å². The molecule has 0 unspecified atom stereocenters. The van der Waals surface area contributed by atoms with Gasteiger partial charge in [0.25, 0.3) is 0 Å². The lowest BCUT2D eigenvalue weighted by atomic mass is 10.1. The maximum absolute atomic E-state index is 11.8. The Hall–Kier alpha value is -1.74. The van der Waals surface area contributed by atoms with E-state index in [2.05, 4.69) is 5.32 Å². The van der Waals surface area contributed by atoms with Gasteiger partial charge in [0.15, 0.2) is 0 Å².